The van der Waals surface area contributed by atoms with Gasteiger partial charge in [-0.2, -0.15) is 0 Å². The number of carboxylic acids is 1. The summed E-state index contributed by atoms with van der Waals surface area (Å²) in [6.07, 6.45) is 0.382. The predicted molar refractivity (Wildman–Crippen MR) is 67.0 cm³/mol. The van der Waals surface area contributed by atoms with Gasteiger partial charge in [0, 0.05) is 13.1 Å². The Balaban J connectivity index is 2.16. The molecule has 2 rings (SSSR count). The van der Waals surface area contributed by atoms with Crippen molar-refractivity contribution in [1.82, 2.24) is 4.90 Å². The van der Waals surface area contributed by atoms with Crippen molar-refractivity contribution in [2.24, 2.45) is 5.41 Å². The minimum absolute atomic E-state index is 0.279. The number of amides is 1. The van der Waals surface area contributed by atoms with Gasteiger partial charge in [-0.15, -0.1) is 0 Å². The van der Waals surface area contributed by atoms with Crippen LogP contribution in [0.25, 0.3) is 0 Å². The number of carbonyl (C=O) groups excluding carboxylic acids is 1. The van der Waals surface area contributed by atoms with Crippen LogP contribution >= 0.6 is 0 Å². The molecule has 1 atom stereocenters. The van der Waals surface area contributed by atoms with Crippen LogP contribution in [0.2, 0.25) is 0 Å². The van der Waals surface area contributed by atoms with Crippen molar-refractivity contribution < 1.29 is 14.7 Å². The normalized spacial score (nSPS) is 23.4. The first kappa shape index (κ1) is 12.6. The van der Waals surface area contributed by atoms with Gasteiger partial charge < -0.3 is 10.0 Å². The Morgan fingerprint density at radius 2 is 2.11 bits per heavy atom. The van der Waals surface area contributed by atoms with Crippen molar-refractivity contribution in [1.29, 1.82) is 0 Å². The highest BCUT2D eigenvalue weighted by Gasteiger charge is 2.48. The van der Waals surface area contributed by atoms with Crippen LogP contribution in [0, 0.1) is 12.3 Å². The summed E-state index contributed by atoms with van der Waals surface area (Å²) in [4.78, 5) is 24.9. The van der Waals surface area contributed by atoms with Gasteiger partial charge in [-0.05, 0) is 31.4 Å². The Bertz CT molecular complexity index is 498. The van der Waals surface area contributed by atoms with Crippen molar-refractivity contribution in [2.45, 2.75) is 26.8 Å². The van der Waals surface area contributed by atoms with Crippen molar-refractivity contribution >= 4 is 11.9 Å². The average Bonchev–Trinajstić information content (AvgIpc) is 2.62. The van der Waals surface area contributed by atoms with E-state index in [0.29, 0.717) is 19.5 Å². The number of likely N-dealkylation sites (tertiary alicyclic amines) is 1. The lowest BCUT2D eigenvalue weighted by atomic mass is 9.89. The first-order valence-electron chi connectivity index (χ1n) is 6.02. The molecule has 1 amide bonds. The number of hydrogen-bond acceptors (Lipinski definition) is 2. The molecule has 0 spiro atoms. The maximum absolute atomic E-state index is 12.1. The molecule has 1 aliphatic rings. The molecular weight excluding hydrogens is 230 g/mol. The molecule has 1 unspecified atom stereocenters. The van der Waals surface area contributed by atoms with E-state index in [9.17, 15) is 9.59 Å². The SMILES string of the molecule is Cc1ccccc1CN1CCC(C)(C(=O)O)C1=O. The first-order chi connectivity index (χ1) is 8.45. The van der Waals surface area contributed by atoms with Gasteiger partial charge in [-0.1, -0.05) is 24.3 Å². The molecular formula is C14H17NO3. The van der Waals surface area contributed by atoms with Crippen LogP contribution in [0.4, 0.5) is 0 Å². The van der Waals surface area contributed by atoms with Gasteiger partial charge in [-0.25, -0.2) is 0 Å². The second kappa shape index (κ2) is 4.44. The summed E-state index contributed by atoms with van der Waals surface area (Å²) in [5.41, 5.74) is 0.942. The molecule has 18 heavy (non-hydrogen) atoms. The van der Waals surface area contributed by atoms with Gasteiger partial charge in [0.15, 0.2) is 0 Å². The number of aryl methyl sites for hydroxylation is 1. The molecule has 4 heteroatoms. The molecule has 1 N–H and O–H groups in total. The number of rotatable bonds is 3. The Morgan fingerprint density at radius 1 is 1.44 bits per heavy atom. The maximum Gasteiger partial charge on any atom is 0.318 e. The Kier molecular flexibility index (Phi) is 3.11. The van der Waals surface area contributed by atoms with Crippen molar-refractivity contribution in [3.05, 3.63) is 35.4 Å². The number of carbonyl (C=O) groups is 2. The molecule has 0 bridgehead atoms. The summed E-state index contributed by atoms with van der Waals surface area (Å²) in [7, 11) is 0. The zero-order valence-electron chi connectivity index (χ0n) is 10.6. The molecule has 1 saturated heterocycles. The smallest absolute Gasteiger partial charge is 0.318 e. The average molecular weight is 247 g/mol. The van der Waals surface area contributed by atoms with E-state index < -0.39 is 11.4 Å². The van der Waals surface area contributed by atoms with Gasteiger partial charge in [0.2, 0.25) is 5.91 Å². The lowest BCUT2D eigenvalue weighted by Crippen LogP contribution is -2.37. The molecule has 0 radical (unpaired) electrons. The molecule has 4 nitrogen and oxygen atoms in total. The molecule has 0 aliphatic carbocycles. The van der Waals surface area contributed by atoms with Crippen molar-refractivity contribution in [3.63, 3.8) is 0 Å². The summed E-state index contributed by atoms with van der Waals surface area (Å²) in [6.45, 7) is 4.51. The Morgan fingerprint density at radius 3 is 2.67 bits per heavy atom. The maximum atomic E-state index is 12.1. The molecule has 1 aromatic carbocycles. The molecule has 0 aromatic heterocycles. The van der Waals surface area contributed by atoms with E-state index in [1.807, 2.05) is 31.2 Å². The minimum atomic E-state index is -1.25. The van der Waals surface area contributed by atoms with Gasteiger partial charge in [0.25, 0.3) is 0 Å². The molecule has 1 fully saturated rings. The number of nitrogens with zero attached hydrogens (tertiary/aromatic N) is 1. The van der Waals surface area contributed by atoms with Gasteiger partial charge in [0.05, 0.1) is 0 Å². The summed E-state index contributed by atoms with van der Waals surface area (Å²) in [5.74, 6) is -1.31. The van der Waals surface area contributed by atoms with Crippen LogP contribution in [-0.2, 0) is 16.1 Å². The monoisotopic (exact) mass is 247 g/mol. The van der Waals surface area contributed by atoms with Gasteiger partial charge in [-0.3, -0.25) is 9.59 Å². The fourth-order valence-corrected chi connectivity index (χ4v) is 2.26. The second-order valence-electron chi connectivity index (χ2n) is 5.04. The van der Waals surface area contributed by atoms with E-state index in [-0.39, 0.29) is 5.91 Å². The number of benzene rings is 1. The van der Waals surface area contributed by atoms with E-state index in [4.69, 9.17) is 5.11 Å². The first-order valence-corrected chi connectivity index (χ1v) is 6.02. The lowest BCUT2D eigenvalue weighted by molar-refractivity contribution is -0.155. The molecule has 0 saturated carbocycles. The quantitative estimate of drug-likeness (QED) is 0.829. The van der Waals surface area contributed by atoms with E-state index >= 15 is 0 Å². The molecule has 1 heterocycles. The lowest BCUT2D eigenvalue weighted by Gasteiger charge is -2.20. The molecule has 96 valence electrons. The van der Waals surface area contributed by atoms with Crippen LogP contribution < -0.4 is 0 Å². The zero-order chi connectivity index (χ0) is 13.3. The fourth-order valence-electron chi connectivity index (χ4n) is 2.26. The van der Waals surface area contributed by atoms with Crippen LogP contribution in [0.15, 0.2) is 24.3 Å². The van der Waals surface area contributed by atoms with Crippen LogP contribution in [0.1, 0.15) is 24.5 Å². The predicted octanol–water partition coefficient (Wildman–Crippen LogP) is 1.82. The number of carboxylic acid groups (broad SMARTS) is 1. The summed E-state index contributed by atoms with van der Waals surface area (Å²) < 4.78 is 0. The fraction of sp³-hybridized carbons (Fsp3) is 0.429. The number of hydrogen-bond donors (Lipinski definition) is 1. The number of aliphatic carboxylic acids is 1. The highest BCUT2D eigenvalue weighted by atomic mass is 16.4. The standard InChI is InChI=1S/C14H17NO3/c1-10-5-3-4-6-11(10)9-15-8-7-14(2,12(15)16)13(17)18/h3-6H,7-9H2,1-2H3,(H,17,18). The van der Waals surface area contributed by atoms with E-state index in [2.05, 4.69) is 0 Å². The van der Waals surface area contributed by atoms with E-state index in [1.54, 1.807) is 4.90 Å². The van der Waals surface area contributed by atoms with Crippen molar-refractivity contribution in [2.75, 3.05) is 6.54 Å². The highest BCUT2D eigenvalue weighted by molar-refractivity contribution is 6.02. The van der Waals surface area contributed by atoms with E-state index in [1.165, 1.54) is 6.92 Å². The van der Waals surface area contributed by atoms with Crippen molar-refractivity contribution in [3.8, 4) is 0 Å². The van der Waals surface area contributed by atoms with Gasteiger partial charge in [0.1, 0.15) is 5.41 Å². The summed E-state index contributed by atoms with van der Waals surface area (Å²) >= 11 is 0. The summed E-state index contributed by atoms with van der Waals surface area (Å²) in [5, 5.41) is 9.13. The third kappa shape index (κ3) is 1.98. The third-order valence-electron chi connectivity index (χ3n) is 3.74. The topological polar surface area (TPSA) is 57.6 Å². The molecule has 1 aliphatic heterocycles. The Labute approximate surface area is 106 Å². The molecule has 1 aromatic rings. The highest BCUT2D eigenvalue weighted by Crippen LogP contribution is 2.32. The van der Waals surface area contributed by atoms with Crippen LogP contribution in [-0.4, -0.2) is 28.4 Å². The zero-order valence-corrected chi connectivity index (χ0v) is 10.6. The largest absolute Gasteiger partial charge is 0.480 e. The summed E-state index contributed by atoms with van der Waals surface area (Å²) in [6, 6.07) is 7.84. The van der Waals surface area contributed by atoms with Crippen LogP contribution in [0.5, 0.6) is 0 Å². The minimum Gasteiger partial charge on any atom is -0.480 e. The van der Waals surface area contributed by atoms with Crippen LogP contribution in [0.3, 0.4) is 0 Å². The van der Waals surface area contributed by atoms with E-state index in [0.717, 1.165) is 11.1 Å². The third-order valence-corrected chi connectivity index (χ3v) is 3.74. The Hall–Kier alpha value is -1.84. The second-order valence-corrected chi connectivity index (χ2v) is 5.04. The van der Waals surface area contributed by atoms with Gasteiger partial charge >= 0.3 is 5.97 Å².